The van der Waals surface area contributed by atoms with Crippen molar-refractivity contribution in [1.29, 1.82) is 0 Å². The van der Waals surface area contributed by atoms with Crippen LogP contribution in [0.3, 0.4) is 0 Å². The molecular weight excluding hydrogens is 252 g/mol. The van der Waals surface area contributed by atoms with Gasteiger partial charge in [0.1, 0.15) is 6.04 Å². The number of rotatable bonds is 7. The molecule has 0 aromatic carbocycles. The summed E-state index contributed by atoms with van der Waals surface area (Å²) in [4.78, 5) is 33.3. The smallest absolute Gasteiger partial charge is 0.404 e. The first kappa shape index (κ1) is 15.2. The molecule has 1 aliphatic rings. The highest BCUT2D eigenvalue weighted by molar-refractivity contribution is 5.89. The van der Waals surface area contributed by atoms with E-state index in [2.05, 4.69) is 16.0 Å². The van der Waals surface area contributed by atoms with Crippen molar-refractivity contribution in [2.24, 2.45) is 5.73 Å². The van der Waals surface area contributed by atoms with E-state index in [1.807, 2.05) is 0 Å². The monoisotopic (exact) mass is 272 g/mol. The van der Waals surface area contributed by atoms with E-state index < -0.39 is 18.0 Å². The quantitative estimate of drug-likeness (QED) is 0.369. The number of carboxylic acid groups (broad SMARTS) is 1. The van der Waals surface area contributed by atoms with Crippen LogP contribution < -0.4 is 21.7 Å². The van der Waals surface area contributed by atoms with E-state index in [0.717, 1.165) is 19.4 Å². The summed E-state index contributed by atoms with van der Waals surface area (Å²) >= 11 is 0. The van der Waals surface area contributed by atoms with Gasteiger partial charge in [-0.05, 0) is 32.2 Å². The van der Waals surface area contributed by atoms with Gasteiger partial charge in [-0.3, -0.25) is 9.59 Å². The largest absolute Gasteiger partial charge is 0.465 e. The van der Waals surface area contributed by atoms with Crippen molar-refractivity contribution < 1.29 is 19.5 Å². The number of carbonyl (C=O) groups excluding carboxylic acids is 2. The molecule has 19 heavy (non-hydrogen) atoms. The number of nitrogens with two attached hydrogens (primary N) is 1. The molecule has 1 saturated heterocycles. The summed E-state index contributed by atoms with van der Waals surface area (Å²) in [6, 6.07) is -1.02. The Morgan fingerprint density at radius 3 is 2.68 bits per heavy atom. The average molecular weight is 272 g/mol. The maximum Gasteiger partial charge on any atom is 0.404 e. The van der Waals surface area contributed by atoms with Crippen LogP contribution in [0.5, 0.6) is 0 Å². The van der Waals surface area contributed by atoms with Gasteiger partial charge in [0.2, 0.25) is 11.8 Å². The molecule has 1 heterocycles. The van der Waals surface area contributed by atoms with Gasteiger partial charge < -0.3 is 26.8 Å². The van der Waals surface area contributed by atoms with Crippen LogP contribution in [-0.2, 0) is 9.59 Å². The summed E-state index contributed by atoms with van der Waals surface area (Å²) in [5, 5.41) is 16.2. The van der Waals surface area contributed by atoms with E-state index in [9.17, 15) is 14.4 Å². The highest BCUT2D eigenvalue weighted by atomic mass is 16.4. The van der Waals surface area contributed by atoms with E-state index in [4.69, 9.17) is 10.8 Å². The highest BCUT2D eigenvalue weighted by Gasteiger charge is 2.25. The van der Waals surface area contributed by atoms with Crippen molar-refractivity contribution in [1.82, 2.24) is 16.0 Å². The van der Waals surface area contributed by atoms with Gasteiger partial charge >= 0.3 is 6.09 Å². The predicted molar refractivity (Wildman–Crippen MR) is 67.4 cm³/mol. The van der Waals surface area contributed by atoms with Gasteiger partial charge in [0.25, 0.3) is 0 Å². The van der Waals surface area contributed by atoms with Gasteiger partial charge in [0.05, 0.1) is 6.04 Å². The zero-order chi connectivity index (χ0) is 14.3. The van der Waals surface area contributed by atoms with Crippen LogP contribution in [0.25, 0.3) is 0 Å². The molecule has 8 nitrogen and oxygen atoms in total. The number of hydrogen-bond donors (Lipinski definition) is 5. The predicted octanol–water partition coefficient (Wildman–Crippen LogP) is -1.24. The summed E-state index contributed by atoms with van der Waals surface area (Å²) in [5.41, 5.74) is 5.21. The molecule has 0 bridgehead atoms. The Labute approximate surface area is 111 Å². The Bertz CT molecular complexity index is 342. The van der Waals surface area contributed by atoms with E-state index >= 15 is 0 Å². The van der Waals surface area contributed by atoms with Crippen molar-refractivity contribution in [3.8, 4) is 0 Å². The van der Waals surface area contributed by atoms with E-state index in [0.29, 0.717) is 12.8 Å². The minimum absolute atomic E-state index is 0.219. The number of carbonyl (C=O) groups is 3. The van der Waals surface area contributed by atoms with Gasteiger partial charge in [0.15, 0.2) is 0 Å². The van der Waals surface area contributed by atoms with Gasteiger partial charge in [0, 0.05) is 6.54 Å². The van der Waals surface area contributed by atoms with Crippen LogP contribution in [0.1, 0.15) is 25.7 Å². The lowest BCUT2D eigenvalue weighted by atomic mass is 10.1. The molecule has 0 aliphatic carbocycles. The zero-order valence-electron chi connectivity index (χ0n) is 10.6. The summed E-state index contributed by atoms with van der Waals surface area (Å²) in [7, 11) is 0. The Hall–Kier alpha value is -1.83. The summed E-state index contributed by atoms with van der Waals surface area (Å²) in [5.74, 6) is -0.839. The molecule has 0 aromatic rings. The third-order valence-electron chi connectivity index (χ3n) is 2.98. The van der Waals surface area contributed by atoms with Crippen LogP contribution >= 0.6 is 0 Å². The fourth-order valence-corrected chi connectivity index (χ4v) is 1.97. The second-order valence-corrected chi connectivity index (χ2v) is 4.49. The Morgan fingerprint density at radius 2 is 2.16 bits per heavy atom. The first-order chi connectivity index (χ1) is 9.00. The van der Waals surface area contributed by atoms with E-state index in [-0.39, 0.29) is 18.5 Å². The maximum atomic E-state index is 11.8. The van der Waals surface area contributed by atoms with Crippen molar-refractivity contribution in [3.05, 3.63) is 0 Å². The molecule has 0 aromatic heterocycles. The van der Waals surface area contributed by atoms with Gasteiger partial charge in [-0.2, -0.15) is 0 Å². The molecule has 1 unspecified atom stereocenters. The average Bonchev–Trinajstić information content (AvgIpc) is 2.85. The lowest BCUT2D eigenvalue weighted by Gasteiger charge is -2.18. The van der Waals surface area contributed by atoms with Crippen LogP contribution in [-0.4, -0.2) is 48.2 Å². The molecule has 1 rings (SSSR count). The summed E-state index contributed by atoms with van der Waals surface area (Å²) < 4.78 is 0. The van der Waals surface area contributed by atoms with Crippen LogP contribution in [0.4, 0.5) is 4.79 Å². The molecule has 1 fully saturated rings. The summed E-state index contributed by atoms with van der Waals surface area (Å²) in [6.45, 7) is 1.01. The fraction of sp³-hybridized carbons (Fsp3) is 0.727. The Balaban J connectivity index is 2.33. The molecule has 3 amide bonds. The van der Waals surface area contributed by atoms with Crippen molar-refractivity contribution >= 4 is 17.9 Å². The van der Waals surface area contributed by atoms with Gasteiger partial charge in [-0.15, -0.1) is 0 Å². The first-order valence-electron chi connectivity index (χ1n) is 6.30. The summed E-state index contributed by atoms with van der Waals surface area (Å²) in [6.07, 6.45) is 1.31. The third-order valence-corrected chi connectivity index (χ3v) is 2.98. The number of hydrogen-bond acceptors (Lipinski definition) is 4. The van der Waals surface area contributed by atoms with E-state index in [1.165, 1.54) is 0 Å². The highest BCUT2D eigenvalue weighted by Crippen LogP contribution is 2.06. The standard InChI is InChI=1S/C11H20N4O4/c12-9(16)7(3-1-6-14-11(18)19)15-10(17)8-4-2-5-13-8/h7-8,13-14H,1-6H2,(H2,12,16)(H,15,17)(H,18,19)/t7?,8-/m0/s1. The normalized spacial score (nSPS) is 19.7. The Kier molecular flexibility index (Phi) is 6.07. The molecule has 0 spiro atoms. The molecule has 6 N–H and O–H groups in total. The lowest BCUT2D eigenvalue weighted by molar-refractivity contribution is -0.128. The van der Waals surface area contributed by atoms with E-state index in [1.54, 1.807) is 0 Å². The minimum Gasteiger partial charge on any atom is -0.465 e. The van der Waals surface area contributed by atoms with Crippen molar-refractivity contribution in [2.75, 3.05) is 13.1 Å². The van der Waals surface area contributed by atoms with Gasteiger partial charge in [-0.25, -0.2) is 4.79 Å². The van der Waals surface area contributed by atoms with Crippen molar-refractivity contribution in [2.45, 2.75) is 37.8 Å². The molecule has 2 atom stereocenters. The maximum absolute atomic E-state index is 11.8. The SMILES string of the molecule is NC(=O)C(CCCNC(=O)O)NC(=O)[C@@H]1CCCN1. The zero-order valence-corrected chi connectivity index (χ0v) is 10.6. The van der Waals surface area contributed by atoms with Crippen LogP contribution in [0, 0.1) is 0 Å². The molecule has 0 radical (unpaired) electrons. The second kappa shape index (κ2) is 7.57. The molecular formula is C11H20N4O4. The first-order valence-corrected chi connectivity index (χ1v) is 6.30. The lowest BCUT2D eigenvalue weighted by Crippen LogP contribution is -2.50. The van der Waals surface area contributed by atoms with Crippen LogP contribution in [0.15, 0.2) is 0 Å². The third kappa shape index (κ3) is 5.56. The van der Waals surface area contributed by atoms with Gasteiger partial charge in [-0.1, -0.05) is 0 Å². The number of primary amides is 1. The van der Waals surface area contributed by atoms with Crippen molar-refractivity contribution in [3.63, 3.8) is 0 Å². The molecule has 1 aliphatic heterocycles. The molecule has 0 saturated carbocycles. The second-order valence-electron chi connectivity index (χ2n) is 4.49. The molecule has 108 valence electrons. The topological polar surface area (TPSA) is 134 Å². The number of amides is 3. The van der Waals surface area contributed by atoms with Crippen LogP contribution in [0.2, 0.25) is 0 Å². The number of nitrogens with one attached hydrogen (secondary N) is 3. The molecule has 8 heteroatoms. The minimum atomic E-state index is -1.12. The fourth-order valence-electron chi connectivity index (χ4n) is 1.97. The Morgan fingerprint density at radius 1 is 1.42 bits per heavy atom.